The number of nitrogens with zero attached hydrogens (tertiary/aromatic N) is 3. The summed E-state index contributed by atoms with van der Waals surface area (Å²) >= 11 is 0. The minimum atomic E-state index is -3.71. The van der Waals surface area contributed by atoms with Crippen LogP contribution in [0.15, 0.2) is 90.3 Å². The molecule has 0 aliphatic carbocycles. The third-order valence-corrected chi connectivity index (χ3v) is 7.62. The van der Waals surface area contributed by atoms with Gasteiger partial charge in [0.15, 0.2) is 0 Å². The van der Waals surface area contributed by atoms with E-state index in [9.17, 15) is 13.5 Å². The average molecular weight is 536 g/mol. The Balaban J connectivity index is 1.31. The number of benzene rings is 2. The van der Waals surface area contributed by atoms with Gasteiger partial charge in [-0.2, -0.15) is 0 Å². The van der Waals surface area contributed by atoms with E-state index in [2.05, 4.69) is 33.9 Å². The Morgan fingerprint density at radius 3 is 2.55 bits per heavy atom. The summed E-state index contributed by atoms with van der Waals surface area (Å²) in [4.78, 5) is 8.89. The maximum Gasteiger partial charge on any atom is 0.261 e. The fraction of sp³-hybridized carbons (Fsp3) is 0.286. The molecule has 0 bridgehead atoms. The number of aliphatic hydroxyl groups is 1. The molecule has 3 N–H and O–H groups in total. The van der Waals surface area contributed by atoms with E-state index in [1.165, 1.54) is 12.1 Å². The van der Waals surface area contributed by atoms with Gasteiger partial charge in [-0.1, -0.05) is 30.3 Å². The second kappa shape index (κ2) is 11.8. The van der Waals surface area contributed by atoms with Crippen molar-refractivity contribution < 1.29 is 18.3 Å². The molecule has 0 saturated carbocycles. The van der Waals surface area contributed by atoms with Crippen molar-refractivity contribution in [1.29, 1.82) is 0 Å². The third kappa shape index (κ3) is 7.18. The molecule has 38 heavy (non-hydrogen) atoms. The number of sulfonamides is 1. The third-order valence-electron chi connectivity index (χ3n) is 6.22. The van der Waals surface area contributed by atoms with Gasteiger partial charge in [0, 0.05) is 48.3 Å². The van der Waals surface area contributed by atoms with Crippen LogP contribution in [0.25, 0.3) is 11.3 Å². The summed E-state index contributed by atoms with van der Waals surface area (Å²) in [5, 5.41) is 14.2. The first-order chi connectivity index (χ1) is 18.1. The summed E-state index contributed by atoms with van der Waals surface area (Å²) in [5.41, 5.74) is 2.50. The van der Waals surface area contributed by atoms with Gasteiger partial charge in [-0.25, -0.2) is 18.4 Å². The van der Waals surface area contributed by atoms with Crippen LogP contribution in [0.4, 0.5) is 5.69 Å². The van der Waals surface area contributed by atoms with Crippen molar-refractivity contribution in [3.8, 4) is 17.1 Å². The lowest BCUT2D eigenvalue weighted by Crippen LogP contribution is -2.42. The zero-order chi connectivity index (χ0) is 27.2. The van der Waals surface area contributed by atoms with Gasteiger partial charge in [0.1, 0.15) is 0 Å². The van der Waals surface area contributed by atoms with E-state index >= 15 is 0 Å². The SMILES string of the molecule is COc1ccc(-c2cn(CCC(C)(C)NC[C@H](O)c3cccc(NS(=O)(=O)c4ccccc4)c3)cn2)cn1. The second-order valence-corrected chi connectivity index (χ2v) is 11.3. The van der Waals surface area contributed by atoms with E-state index in [4.69, 9.17) is 4.74 Å². The van der Waals surface area contributed by atoms with Crippen LogP contribution >= 0.6 is 0 Å². The van der Waals surface area contributed by atoms with Crippen LogP contribution in [0.2, 0.25) is 0 Å². The molecular weight excluding hydrogens is 502 g/mol. The highest BCUT2D eigenvalue weighted by atomic mass is 32.2. The number of aryl methyl sites for hydroxylation is 1. The van der Waals surface area contributed by atoms with Gasteiger partial charge in [0.2, 0.25) is 5.88 Å². The van der Waals surface area contributed by atoms with Crippen LogP contribution in [0, 0.1) is 0 Å². The van der Waals surface area contributed by atoms with Crippen molar-refractivity contribution in [2.75, 3.05) is 18.4 Å². The molecule has 0 radical (unpaired) electrons. The van der Waals surface area contributed by atoms with Crippen LogP contribution in [-0.2, 0) is 16.6 Å². The molecule has 1 atom stereocenters. The lowest BCUT2D eigenvalue weighted by molar-refractivity contribution is 0.158. The maximum absolute atomic E-state index is 12.6. The summed E-state index contributed by atoms with van der Waals surface area (Å²) in [7, 11) is -2.13. The van der Waals surface area contributed by atoms with Crippen LogP contribution in [0.5, 0.6) is 5.88 Å². The Kier molecular flexibility index (Phi) is 8.45. The molecule has 200 valence electrons. The zero-order valence-electron chi connectivity index (χ0n) is 21.7. The number of aromatic nitrogens is 3. The van der Waals surface area contributed by atoms with E-state index in [0.29, 0.717) is 23.7 Å². The molecule has 0 spiro atoms. The van der Waals surface area contributed by atoms with Gasteiger partial charge in [-0.05, 0) is 56.2 Å². The van der Waals surface area contributed by atoms with Gasteiger partial charge >= 0.3 is 0 Å². The van der Waals surface area contributed by atoms with E-state index in [0.717, 1.165) is 24.2 Å². The standard InChI is InChI=1S/C28H33N5O4S/c1-28(2,14-15-33-19-25(30-20-33)22-12-13-27(37-3)29-17-22)31-18-26(34)21-8-7-9-23(16-21)32-38(35,36)24-10-5-4-6-11-24/h4-13,16-17,19-20,26,31-32,34H,14-15,18H2,1-3H3/t26-/m0/s1. The van der Waals surface area contributed by atoms with Crippen molar-refractivity contribution in [3.05, 3.63) is 91.0 Å². The fourth-order valence-electron chi connectivity index (χ4n) is 3.89. The van der Waals surface area contributed by atoms with Crippen molar-refractivity contribution in [3.63, 3.8) is 0 Å². The summed E-state index contributed by atoms with van der Waals surface area (Å²) in [6, 6.07) is 18.7. The molecule has 4 rings (SSSR count). The number of β-amino-alcohol motifs (C(OH)–C–C–N with tert-alkyl or cyclic N) is 1. The molecule has 0 aliphatic heterocycles. The van der Waals surface area contributed by atoms with Gasteiger partial charge in [0.05, 0.1) is 30.1 Å². The molecule has 0 amide bonds. The highest BCUT2D eigenvalue weighted by Crippen LogP contribution is 2.22. The highest BCUT2D eigenvalue weighted by molar-refractivity contribution is 7.92. The van der Waals surface area contributed by atoms with Crippen LogP contribution in [-0.4, -0.2) is 47.3 Å². The van der Waals surface area contributed by atoms with Crippen molar-refractivity contribution in [1.82, 2.24) is 19.9 Å². The Labute approximate surface area is 223 Å². The first kappa shape index (κ1) is 27.3. The van der Waals surface area contributed by atoms with E-state index in [-0.39, 0.29) is 10.4 Å². The van der Waals surface area contributed by atoms with E-state index in [1.54, 1.807) is 68.2 Å². The number of nitrogens with one attached hydrogen (secondary N) is 2. The monoisotopic (exact) mass is 535 g/mol. The number of anilines is 1. The van der Waals surface area contributed by atoms with Crippen molar-refractivity contribution in [2.45, 2.75) is 43.4 Å². The van der Waals surface area contributed by atoms with Gasteiger partial charge in [-0.15, -0.1) is 0 Å². The minimum Gasteiger partial charge on any atom is -0.481 e. The largest absolute Gasteiger partial charge is 0.481 e. The predicted molar refractivity (Wildman–Crippen MR) is 147 cm³/mol. The molecule has 2 heterocycles. The Morgan fingerprint density at radius 1 is 1.05 bits per heavy atom. The first-order valence-corrected chi connectivity index (χ1v) is 13.8. The lowest BCUT2D eigenvalue weighted by Gasteiger charge is -2.28. The van der Waals surface area contributed by atoms with Gasteiger partial charge in [0.25, 0.3) is 10.0 Å². The quantitative estimate of drug-likeness (QED) is 0.248. The number of ether oxygens (including phenoxy) is 1. The summed E-state index contributed by atoms with van der Waals surface area (Å²) in [6.07, 6.45) is 5.51. The molecule has 0 saturated heterocycles. The fourth-order valence-corrected chi connectivity index (χ4v) is 4.97. The number of imidazole rings is 1. The first-order valence-electron chi connectivity index (χ1n) is 12.3. The Hall–Kier alpha value is -3.73. The van der Waals surface area contributed by atoms with Crippen molar-refractivity contribution >= 4 is 15.7 Å². The molecule has 0 fully saturated rings. The molecule has 0 unspecified atom stereocenters. The zero-order valence-corrected chi connectivity index (χ0v) is 22.5. The van der Waals surface area contributed by atoms with Crippen LogP contribution < -0.4 is 14.8 Å². The topological polar surface area (TPSA) is 118 Å². The minimum absolute atomic E-state index is 0.181. The Morgan fingerprint density at radius 2 is 1.84 bits per heavy atom. The molecule has 4 aromatic rings. The normalized spacial score (nSPS) is 12.7. The number of methoxy groups -OCH3 is 1. The summed E-state index contributed by atoms with van der Waals surface area (Å²) in [6.45, 7) is 5.21. The molecular formula is C28H33N5O4S. The molecule has 9 nitrogen and oxygen atoms in total. The van der Waals surface area contributed by atoms with E-state index in [1.807, 2.05) is 16.8 Å². The number of hydrogen-bond donors (Lipinski definition) is 3. The second-order valence-electron chi connectivity index (χ2n) is 9.66. The van der Waals surface area contributed by atoms with Crippen LogP contribution in [0.3, 0.4) is 0 Å². The number of pyridine rings is 1. The number of rotatable bonds is 12. The highest BCUT2D eigenvalue weighted by Gasteiger charge is 2.20. The van der Waals surface area contributed by atoms with Crippen molar-refractivity contribution in [2.24, 2.45) is 0 Å². The van der Waals surface area contributed by atoms with Crippen LogP contribution in [0.1, 0.15) is 31.9 Å². The summed E-state index contributed by atoms with van der Waals surface area (Å²) in [5.74, 6) is 0.559. The predicted octanol–water partition coefficient (Wildman–Crippen LogP) is 4.25. The van der Waals surface area contributed by atoms with E-state index < -0.39 is 16.1 Å². The maximum atomic E-state index is 12.6. The molecule has 10 heteroatoms. The number of aliphatic hydroxyl groups excluding tert-OH is 1. The van der Waals surface area contributed by atoms with Gasteiger partial charge < -0.3 is 19.7 Å². The van der Waals surface area contributed by atoms with Gasteiger partial charge in [-0.3, -0.25) is 4.72 Å². The molecule has 2 aromatic carbocycles. The smallest absolute Gasteiger partial charge is 0.261 e. The molecule has 2 aromatic heterocycles. The molecule has 0 aliphatic rings. The Bertz CT molecular complexity index is 1440. The summed E-state index contributed by atoms with van der Waals surface area (Å²) < 4.78 is 35.0. The average Bonchev–Trinajstić information content (AvgIpc) is 3.40. The lowest BCUT2D eigenvalue weighted by atomic mass is 9.99. The number of hydrogen-bond acceptors (Lipinski definition) is 7.